The maximum Gasteiger partial charge on any atom is 0.107 e. The Morgan fingerprint density at radius 2 is 2.25 bits per heavy atom. The molecule has 2 heteroatoms. The van der Waals surface area contributed by atoms with Crippen LogP contribution in [0.2, 0.25) is 0 Å². The Labute approximate surface area is 49.2 Å². The lowest BCUT2D eigenvalue weighted by Crippen LogP contribution is -1.93. The smallest absolute Gasteiger partial charge is 0.107 e. The van der Waals surface area contributed by atoms with E-state index in [1.165, 1.54) is 0 Å². The van der Waals surface area contributed by atoms with Crippen LogP contribution in [0, 0.1) is 17.9 Å². The van der Waals surface area contributed by atoms with Crippen molar-refractivity contribution in [1.82, 2.24) is 0 Å². The highest BCUT2D eigenvalue weighted by molar-refractivity contribution is 4.94. The molecular weight excluding hydrogens is 104 g/mol. The van der Waals surface area contributed by atoms with Crippen LogP contribution in [0.15, 0.2) is 0 Å². The zero-order valence-corrected chi connectivity index (χ0v) is 4.89. The molecule has 0 aliphatic heterocycles. The van der Waals surface area contributed by atoms with E-state index in [1.54, 1.807) is 6.11 Å². The Hall–Kier alpha value is -0.680. The standard InChI is InChI=1S/C6H10O2/c1-6(2-4-7)3-5-8/h6-8H,2,4H2,1H3. The van der Waals surface area contributed by atoms with Crippen molar-refractivity contribution >= 4 is 0 Å². The number of rotatable bonds is 2. The van der Waals surface area contributed by atoms with Gasteiger partial charge in [0.25, 0.3) is 0 Å². The van der Waals surface area contributed by atoms with Gasteiger partial charge in [-0.3, -0.25) is 0 Å². The molecule has 0 aromatic heterocycles. The minimum atomic E-state index is 0.102. The van der Waals surface area contributed by atoms with Crippen molar-refractivity contribution < 1.29 is 10.2 Å². The molecule has 0 spiro atoms. The molecule has 0 bridgehead atoms. The van der Waals surface area contributed by atoms with Gasteiger partial charge < -0.3 is 10.2 Å². The van der Waals surface area contributed by atoms with Crippen molar-refractivity contribution in [2.45, 2.75) is 13.3 Å². The lowest BCUT2D eigenvalue weighted by atomic mass is 10.1. The van der Waals surface area contributed by atoms with Crippen LogP contribution in [0.5, 0.6) is 0 Å². The summed E-state index contributed by atoms with van der Waals surface area (Å²) in [6.45, 7) is 1.98. The first-order valence-electron chi connectivity index (χ1n) is 2.56. The SMILES string of the molecule is CC(C#CO)CCO. The average molecular weight is 114 g/mol. The van der Waals surface area contributed by atoms with Crippen LogP contribution in [-0.4, -0.2) is 16.8 Å². The summed E-state index contributed by atoms with van der Waals surface area (Å²) in [4.78, 5) is 0. The maximum absolute atomic E-state index is 8.31. The van der Waals surface area contributed by atoms with Gasteiger partial charge in [-0.05, 0) is 6.42 Å². The van der Waals surface area contributed by atoms with Gasteiger partial charge in [0.05, 0.1) is 0 Å². The van der Waals surface area contributed by atoms with Gasteiger partial charge in [0.1, 0.15) is 6.11 Å². The van der Waals surface area contributed by atoms with Gasteiger partial charge in [0, 0.05) is 12.5 Å². The van der Waals surface area contributed by atoms with Crippen LogP contribution in [-0.2, 0) is 0 Å². The number of aliphatic hydroxyl groups is 2. The van der Waals surface area contributed by atoms with Gasteiger partial charge in [-0.2, -0.15) is 0 Å². The molecule has 8 heavy (non-hydrogen) atoms. The molecule has 0 amide bonds. The Bertz CT molecular complexity index is 98.8. The first-order chi connectivity index (χ1) is 3.81. The summed E-state index contributed by atoms with van der Waals surface area (Å²) in [6, 6.07) is 0. The maximum atomic E-state index is 8.31. The third kappa shape index (κ3) is 3.51. The van der Waals surface area contributed by atoms with Gasteiger partial charge in [0.2, 0.25) is 0 Å². The Kier molecular flexibility index (Phi) is 4.10. The molecule has 0 saturated carbocycles. The van der Waals surface area contributed by atoms with Gasteiger partial charge in [-0.15, -0.1) is 0 Å². The predicted octanol–water partition coefficient (Wildman–Crippen LogP) is 0.338. The molecule has 2 nitrogen and oxygen atoms in total. The molecule has 1 unspecified atom stereocenters. The number of hydrogen-bond donors (Lipinski definition) is 2. The molecule has 0 rings (SSSR count). The first kappa shape index (κ1) is 7.32. The van der Waals surface area contributed by atoms with E-state index in [1.807, 2.05) is 6.92 Å². The van der Waals surface area contributed by atoms with Crippen molar-refractivity contribution in [3.8, 4) is 12.0 Å². The molecule has 0 saturated heterocycles. The van der Waals surface area contributed by atoms with Crippen molar-refractivity contribution in [3.05, 3.63) is 0 Å². The zero-order valence-electron chi connectivity index (χ0n) is 4.89. The Balaban J connectivity index is 3.27. The molecule has 0 aromatic rings. The van der Waals surface area contributed by atoms with E-state index in [4.69, 9.17) is 10.2 Å². The summed E-state index contributed by atoms with van der Waals surface area (Å²) in [6.07, 6.45) is 2.42. The first-order valence-corrected chi connectivity index (χ1v) is 2.56. The van der Waals surface area contributed by atoms with Crippen molar-refractivity contribution in [2.24, 2.45) is 5.92 Å². The van der Waals surface area contributed by atoms with Crippen LogP contribution in [0.4, 0.5) is 0 Å². The van der Waals surface area contributed by atoms with E-state index >= 15 is 0 Å². The normalized spacial score (nSPS) is 11.8. The van der Waals surface area contributed by atoms with E-state index < -0.39 is 0 Å². The fourth-order valence-electron chi connectivity index (χ4n) is 0.376. The molecule has 0 fully saturated rings. The Morgan fingerprint density at radius 1 is 1.62 bits per heavy atom. The fourth-order valence-corrected chi connectivity index (χ4v) is 0.376. The molecule has 0 aliphatic carbocycles. The minimum Gasteiger partial charge on any atom is -0.462 e. The molecule has 0 radical (unpaired) electrons. The highest BCUT2D eigenvalue weighted by Crippen LogP contribution is 1.95. The van der Waals surface area contributed by atoms with Gasteiger partial charge >= 0.3 is 0 Å². The third-order valence-electron chi connectivity index (χ3n) is 0.873. The van der Waals surface area contributed by atoms with Gasteiger partial charge in [0.15, 0.2) is 0 Å². The highest BCUT2D eigenvalue weighted by Gasteiger charge is 1.92. The predicted molar refractivity (Wildman–Crippen MR) is 30.6 cm³/mol. The lowest BCUT2D eigenvalue weighted by molar-refractivity contribution is 0.275. The summed E-state index contributed by atoms with van der Waals surface area (Å²) in [7, 11) is 0. The van der Waals surface area contributed by atoms with Gasteiger partial charge in [-0.1, -0.05) is 12.8 Å². The molecule has 0 aliphatic rings. The van der Waals surface area contributed by atoms with Crippen LogP contribution in [0.3, 0.4) is 0 Å². The lowest BCUT2D eigenvalue weighted by Gasteiger charge is -1.95. The van der Waals surface area contributed by atoms with Crippen LogP contribution < -0.4 is 0 Å². The second-order valence-electron chi connectivity index (χ2n) is 1.67. The summed E-state index contributed by atoms with van der Waals surface area (Å²) >= 11 is 0. The van der Waals surface area contributed by atoms with Crippen LogP contribution >= 0.6 is 0 Å². The van der Waals surface area contributed by atoms with E-state index in [0.29, 0.717) is 6.42 Å². The van der Waals surface area contributed by atoms with Crippen LogP contribution in [0.1, 0.15) is 13.3 Å². The zero-order chi connectivity index (χ0) is 6.41. The average Bonchev–Trinajstić information content (AvgIpc) is 1.68. The second kappa shape index (κ2) is 4.48. The summed E-state index contributed by atoms with van der Waals surface area (Å²) in [5.41, 5.74) is 0. The van der Waals surface area contributed by atoms with Crippen LogP contribution in [0.25, 0.3) is 0 Å². The molecular formula is C6H10O2. The molecule has 0 heterocycles. The monoisotopic (exact) mass is 114 g/mol. The number of aliphatic hydroxyl groups excluding tert-OH is 2. The van der Waals surface area contributed by atoms with Gasteiger partial charge in [-0.25, -0.2) is 0 Å². The molecule has 2 N–H and O–H groups in total. The van der Waals surface area contributed by atoms with E-state index in [9.17, 15) is 0 Å². The largest absolute Gasteiger partial charge is 0.462 e. The summed E-state index contributed by atoms with van der Waals surface area (Å²) in [5, 5.41) is 16.3. The quantitative estimate of drug-likeness (QED) is 0.508. The van der Waals surface area contributed by atoms with E-state index in [0.717, 1.165) is 0 Å². The second-order valence-corrected chi connectivity index (χ2v) is 1.67. The van der Waals surface area contributed by atoms with E-state index in [-0.39, 0.29) is 12.5 Å². The van der Waals surface area contributed by atoms with E-state index in [2.05, 4.69) is 5.92 Å². The van der Waals surface area contributed by atoms with Crippen molar-refractivity contribution in [1.29, 1.82) is 0 Å². The molecule has 46 valence electrons. The summed E-state index contributed by atoms with van der Waals surface area (Å²) < 4.78 is 0. The topological polar surface area (TPSA) is 40.5 Å². The summed E-state index contributed by atoms with van der Waals surface area (Å²) in [5.74, 6) is 2.59. The minimum absolute atomic E-state index is 0.102. The third-order valence-corrected chi connectivity index (χ3v) is 0.873. The fraction of sp³-hybridized carbons (Fsp3) is 0.667. The number of hydrogen-bond acceptors (Lipinski definition) is 2. The molecule has 1 atom stereocenters. The Morgan fingerprint density at radius 3 is 2.62 bits per heavy atom. The highest BCUT2D eigenvalue weighted by atomic mass is 16.3. The molecule has 0 aromatic carbocycles. The van der Waals surface area contributed by atoms with Crippen molar-refractivity contribution in [2.75, 3.05) is 6.61 Å². The van der Waals surface area contributed by atoms with Crippen molar-refractivity contribution in [3.63, 3.8) is 0 Å².